The number of benzene rings is 1. The Morgan fingerprint density at radius 1 is 1.16 bits per heavy atom. The lowest BCUT2D eigenvalue weighted by Gasteiger charge is -2.18. The van der Waals surface area contributed by atoms with E-state index in [1.54, 1.807) is 31.4 Å². The van der Waals surface area contributed by atoms with Gasteiger partial charge in [0.25, 0.3) is 11.5 Å². The minimum absolute atomic E-state index is 0.0413. The van der Waals surface area contributed by atoms with Crippen LogP contribution in [0, 0.1) is 0 Å². The summed E-state index contributed by atoms with van der Waals surface area (Å²) >= 11 is 0. The predicted octanol–water partition coefficient (Wildman–Crippen LogP) is 0.823. The highest BCUT2D eigenvalue weighted by Gasteiger charge is 2.20. The Kier molecular flexibility index (Phi) is 5.89. The van der Waals surface area contributed by atoms with Gasteiger partial charge in [0.1, 0.15) is 11.4 Å². The SMILES string of the molecule is COC(=O)C[C@H](NC(=O)c1ccc(=O)n(C)n1)c1ccc(OC)cc1. The van der Waals surface area contributed by atoms with Gasteiger partial charge in [0.05, 0.1) is 26.7 Å². The minimum atomic E-state index is -0.607. The van der Waals surface area contributed by atoms with Crippen molar-refractivity contribution in [1.82, 2.24) is 15.1 Å². The summed E-state index contributed by atoms with van der Waals surface area (Å²) in [5.41, 5.74) is 0.465. The third-order valence-electron chi connectivity index (χ3n) is 3.62. The molecule has 132 valence electrons. The number of hydrogen-bond donors (Lipinski definition) is 1. The molecule has 0 fully saturated rings. The van der Waals surface area contributed by atoms with E-state index in [0.717, 1.165) is 4.68 Å². The van der Waals surface area contributed by atoms with Crippen LogP contribution >= 0.6 is 0 Å². The second kappa shape index (κ2) is 8.09. The monoisotopic (exact) mass is 345 g/mol. The van der Waals surface area contributed by atoms with Crippen molar-refractivity contribution in [3.05, 3.63) is 58.0 Å². The van der Waals surface area contributed by atoms with Gasteiger partial charge in [0.2, 0.25) is 0 Å². The molecule has 2 rings (SSSR count). The zero-order chi connectivity index (χ0) is 18.4. The Morgan fingerprint density at radius 2 is 1.84 bits per heavy atom. The highest BCUT2D eigenvalue weighted by atomic mass is 16.5. The fourth-order valence-corrected chi connectivity index (χ4v) is 2.19. The van der Waals surface area contributed by atoms with Crippen molar-refractivity contribution in [2.75, 3.05) is 14.2 Å². The minimum Gasteiger partial charge on any atom is -0.497 e. The van der Waals surface area contributed by atoms with Crippen molar-refractivity contribution in [2.24, 2.45) is 7.05 Å². The van der Waals surface area contributed by atoms with E-state index in [-0.39, 0.29) is 17.7 Å². The van der Waals surface area contributed by atoms with Gasteiger partial charge in [-0.3, -0.25) is 14.4 Å². The van der Waals surface area contributed by atoms with Gasteiger partial charge >= 0.3 is 5.97 Å². The number of methoxy groups -OCH3 is 2. The molecule has 8 heteroatoms. The number of ether oxygens (including phenoxy) is 2. The van der Waals surface area contributed by atoms with E-state index in [1.807, 2.05) is 0 Å². The molecule has 0 aliphatic carbocycles. The van der Waals surface area contributed by atoms with Crippen LogP contribution < -0.4 is 15.6 Å². The lowest BCUT2D eigenvalue weighted by Crippen LogP contribution is -2.32. The first kappa shape index (κ1) is 18.2. The van der Waals surface area contributed by atoms with Gasteiger partial charge in [-0.2, -0.15) is 5.10 Å². The number of esters is 1. The van der Waals surface area contributed by atoms with Gasteiger partial charge in [0, 0.05) is 13.1 Å². The average molecular weight is 345 g/mol. The molecule has 0 saturated heterocycles. The number of hydrogen-bond acceptors (Lipinski definition) is 6. The molecule has 0 spiro atoms. The summed E-state index contributed by atoms with van der Waals surface area (Å²) in [5.74, 6) is -0.304. The maximum Gasteiger partial charge on any atom is 0.307 e. The van der Waals surface area contributed by atoms with E-state index in [4.69, 9.17) is 9.47 Å². The molecule has 8 nitrogen and oxygen atoms in total. The first-order valence-electron chi connectivity index (χ1n) is 7.50. The van der Waals surface area contributed by atoms with Crippen LogP contribution in [-0.2, 0) is 16.6 Å². The highest BCUT2D eigenvalue weighted by Crippen LogP contribution is 2.21. The van der Waals surface area contributed by atoms with Crippen molar-refractivity contribution < 1.29 is 19.1 Å². The average Bonchev–Trinajstić information content (AvgIpc) is 2.63. The molecule has 2 aromatic rings. The Hall–Kier alpha value is -3.16. The zero-order valence-electron chi connectivity index (χ0n) is 14.2. The Morgan fingerprint density at radius 3 is 2.40 bits per heavy atom. The van der Waals surface area contributed by atoms with Crippen LogP contribution in [0.1, 0.15) is 28.5 Å². The van der Waals surface area contributed by atoms with E-state index in [2.05, 4.69) is 10.4 Å². The lowest BCUT2D eigenvalue weighted by molar-refractivity contribution is -0.141. The molecule has 1 atom stereocenters. The summed E-state index contributed by atoms with van der Waals surface area (Å²) in [4.78, 5) is 35.5. The number of nitrogens with zero attached hydrogens (tertiary/aromatic N) is 2. The molecular formula is C17H19N3O5. The van der Waals surface area contributed by atoms with Crippen LogP contribution in [0.15, 0.2) is 41.2 Å². The second-order valence-electron chi connectivity index (χ2n) is 5.26. The molecule has 1 heterocycles. The molecular weight excluding hydrogens is 326 g/mol. The topological polar surface area (TPSA) is 99.5 Å². The first-order chi connectivity index (χ1) is 11.9. The Bertz CT molecular complexity index is 814. The number of aryl methyl sites for hydroxylation is 1. The number of aromatic nitrogens is 2. The highest BCUT2D eigenvalue weighted by molar-refractivity contribution is 5.92. The van der Waals surface area contributed by atoms with Crippen molar-refractivity contribution in [3.63, 3.8) is 0 Å². The molecule has 0 aliphatic rings. The van der Waals surface area contributed by atoms with Crippen LogP contribution in [-0.4, -0.2) is 35.9 Å². The molecule has 0 saturated carbocycles. The zero-order valence-corrected chi connectivity index (χ0v) is 14.2. The van der Waals surface area contributed by atoms with Crippen LogP contribution in [0.5, 0.6) is 5.75 Å². The molecule has 1 N–H and O–H groups in total. The van der Waals surface area contributed by atoms with Gasteiger partial charge in [-0.15, -0.1) is 0 Å². The maximum atomic E-state index is 12.4. The number of carbonyl (C=O) groups excluding carboxylic acids is 2. The quantitative estimate of drug-likeness (QED) is 0.778. The van der Waals surface area contributed by atoms with Crippen molar-refractivity contribution in [1.29, 1.82) is 0 Å². The summed E-state index contributed by atoms with van der Waals surface area (Å²) in [6.07, 6.45) is -0.0413. The van der Waals surface area contributed by atoms with Gasteiger partial charge in [0.15, 0.2) is 0 Å². The largest absolute Gasteiger partial charge is 0.497 e. The van der Waals surface area contributed by atoms with Gasteiger partial charge in [-0.05, 0) is 23.8 Å². The fraction of sp³-hybridized carbons (Fsp3) is 0.294. The standard InChI is InChI=1S/C17H19N3O5/c1-20-15(21)9-8-13(19-20)17(23)18-14(10-16(22)25-3)11-4-6-12(24-2)7-5-11/h4-9,14H,10H2,1-3H3,(H,18,23)/t14-/m0/s1. The summed E-state index contributed by atoms with van der Waals surface area (Å²) < 4.78 is 10.9. The van der Waals surface area contributed by atoms with Gasteiger partial charge in [-0.1, -0.05) is 12.1 Å². The summed E-state index contributed by atoms with van der Waals surface area (Å²) in [6.45, 7) is 0. The third-order valence-corrected chi connectivity index (χ3v) is 3.62. The molecule has 0 aliphatic heterocycles. The van der Waals surface area contributed by atoms with E-state index in [1.165, 1.54) is 26.3 Å². The predicted molar refractivity (Wildman–Crippen MR) is 89.3 cm³/mol. The van der Waals surface area contributed by atoms with Crippen molar-refractivity contribution in [2.45, 2.75) is 12.5 Å². The summed E-state index contributed by atoms with van der Waals surface area (Å²) in [5, 5.41) is 6.64. The fourth-order valence-electron chi connectivity index (χ4n) is 2.19. The molecule has 0 bridgehead atoms. The molecule has 25 heavy (non-hydrogen) atoms. The number of rotatable bonds is 6. The normalized spacial score (nSPS) is 11.5. The van der Waals surface area contributed by atoms with E-state index in [0.29, 0.717) is 11.3 Å². The van der Waals surface area contributed by atoms with E-state index < -0.39 is 17.9 Å². The molecule has 1 amide bonds. The number of carbonyl (C=O) groups is 2. The molecule has 1 aromatic heterocycles. The van der Waals surface area contributed by atoms with Crippen LogP contribution in [0.25, 0.3) is 0 Å². The van der Waals surface area contributed by atoms with Gasteiger partial charge in [-0.25, -0.2) is 4.68 Å². The van der Waals surface area contributed by atoms with E-state index >= 15 is 0 Å². The Labute approximate surface area is 144 Å². The smallest absolute Gasteiger partial charge is 0.307 e. The van der Waals surface area contributed by atoms with Crippen molar-refractivity contribution in [3.8, 4) is 5.75 Å². The van der Waals surface area contributed by atoms with Gasteiger partial charge < -0.3 is 14.8 Å². The number of nitrogens with one attached hydrogen (secondary N) is 1. The van der Waals surface area contributed by atoms with Crippen LogP contribution in [0.3, 0.4) is 0 Å². The maximum absolute atomic E-state index is 12.4. The number of amides is 1. The second-order valence-corrected chi connectivity index (χ2v) is 5.26. The Balaban J connectivity index is 2.24. The van der Waals surface area contributed by atoms with E-state index in [9.17, 15) is 14.4 Å². The summed E-state index contributed by atoms with van der Waals surface area (Å²) in [6, 6.07) is 8.95. The third kappa shape index (κ3) is 4.66. The van der Waals surface area contributed by atoms with Crippen LogP contribution in [0.2, 0.25) is 0 Å². The molecule has 0 unspecified atom stereocenters. The van der Waals surface area contributed by atoms with Crippen molar-refractivity contribution >= 4 is 11.9 Å². The summed E-state index contributed by atoms with van der Waals surface area (Å²) in [7, 11) is 4.28. The molecule has 0 radical (unpaired) electrons. The molecule has 1 aromatic carbocycles. The first-order valence-corrected chi connectivity index (χ1v) is 7.50. The lowest BCUT2D eigenvalue weighted by atomic mass is 10.0. The van der Waals surface area contributed by atoms with Crippen LogP contribution in [0.4, 0.5) is 0 Å².